The molecule has 2 aromatic carbocycles. The van der Waals surface area contributed by atoms with Crippen LogP contribution in [0.2, 0.25) is 5.02 Å². The molecule has 1 spiro atoms. The maximum atomic E-state index is 13.8. The Labute approximate surface area is 214 Å². The minimum atomic E-state index is -1.88. The highest BCUT2D eigenvalue weighted by atomic mass is 35.5. The molecule has 4 rings (SSSR count). The number of allylic oxidation sites excluding steroid dienone is 1. The fraction of sp³-hybridized carbons (Fsp3) is 0.370. The van der Waals surface area contributed by atoms with Crippen molar-refractivity contribution in [2.45, 2.75) is 38.3 Å². The van der Waals surface area contributed by atoms with E-state index in [0.717, 1.165) is 5.56 Å². The van der Waals surface area contributed by atoms with E-state index in [9.17, 15) is 19.8 Å². The summed E-state index contributed by atoms with van der Waals surface area (Å²) in [6.07, 6.45) is 0.372. The quantitative estimate of drug-likeness (QED) is 0.534. The molecule has 0 saturated heterocycles. The van der Waals surface area contributed by atoms with E-state index < -0.39 is 29.1 Å². The van der Waals surface area contributed by atoms with Gasteiger partial charge in [0.1, 0.15) is 22.1 Å². The van der Waals surface area contributed by atoms with E-state index in [1.165, 1.54) is 20.3 Å². The smallest absolute Gasteiger partial charge is 0.231 e. The number of aliphatic imine (C=N–C) groups is 1. The summed E-state index contributed by atoms with van der Waals surface area (Å²) in [7, 11) is 2.82. The van der Waals surface area contributed by atoms with Gasteiger partial charge in [0.05, 0.1) is 32.4 Å². The van der Waals surface area contributed by atoms with Crippen LogP contribution in [-0.2, 0) is 11.2 Å². The molecule has 0 radical (unpaired) electrons. The monoisotopic (exact) mass is 513 g/mol. The highest BCUT2D eigenvalue weighted by Gasteiger charge is 2.61. The van der Waals surface area contributed by atoms with Gasteiger partial charge in [-0.25, -0.2) is 0 Å². The molecule has 36 heavy (non-hydrogen) atoms. The first kappa shape index (κ1) is 25.7. The molecule has 0 bridgehead atoms. The summed E-state index contributed by atoms with van der Waals surface area (Å²) in [5.41, 5.74) is -0.724. The van der Waals surface area contributed by atoms with E-state index in [1.54, 1.807) is 13.8 Å². The third-order valence-corrected chi connectivity index (χ3v) is 7.09. The molecule has 190 valence electrons. The molecule has 2 N–H and O–H groups in total. The molecule has 2 aromatic rings. The topological polar surface area (TPSA) is 115 Å². The molecule has 0 saturated carbocycles. The number of halogens is 1. The van der Waals surface area contributed by atoms with Crippen LogP contribution >= 0.6 is 11.6 Å². The van der Waals surface area contributed by atoms with Crippen LogP contribution < -0.4 is 14.2 Å². The van der Waals surface area contributed by atoms with Crippen molar-refractivity contribution in [3.05, 3.63) is 63.9 Å². The largest absolute Gasteiger partial charge is 0.507 e. The lowest BCUT2D eigenvalue weighted by Gasteiger charge is -2.37. The molecule has 1 heterocycles. The van der Waals surface area contributed by atoms with Crippen molar-refractivity contribution in [1.29, 1.82) is 0 Å². The highest BCUT2D eigenvalue weighted by Crippen LogP contribution is 2.54. The minimum Gasteiger partial charge on any atom is -0.507 e. The lowest BCUT2D eigenvalue weighted by Crippen LogP contribution is -2.53. The number of hydrogen-bond acceptors (Lipinski definition) is 8. The molecule has 0 fully saturated rings. The summed E-state index contributed by atoms with van der Waals surface area (Å²) in [5.74, 6) is -1.72. The second-order valence-corrected chi connectivity index (χ2v) is 9.34. The maximum absolute atomic E-state index is 13.8. The lowest BCUT2D eigenvalue weighted by molar-refractivity contribution is -0.118. The molecule has 1 aliphatic carbocycles. The maximum Gasteiger partial charge on any atom is 0.231 e. The molecule has 0 aromatic heterocycles. The van der Waals surface area contributed by atoms with Gasteiger partial charge >= 0.3 is 0 Å². The van der Waals surface area contributed by atoms with E-state index in [-0.39, 0.29) is 57.9 Å². The number of ketones is 2. The lowest BCUT2D eigenvalue weighted by atomic mass is 9.72. The van der Waals surface area contributed by atoms with Crippen molar-refractivity contribution in [1.82, 2.24) is 0 Å². The summed E-state index contributed by atoms with van der Waals surface area (Å²) in [5, 5.41) is 21.5. The van der Waals surface area contributed by atoms with Crippen molar-refractivity contribution in [3.8, 4) is 17.2 Å². The SMILES string of the molecule is COc1cc(OC)c2c(c1Cl)O[C@]1(C2=O)C(O)=C(C(C)=NC(CO)Cc2ccccc2)C(=O)C[C@H]1C. The number of hydrogen-bond donors (Lipinski definition) is 2. The van der Waals surface area contributed by atoms with Crippen LogP contribution in [0.1, 0.15) is 36.2 Å². The number of Topliss-reactive ketones (excluding diaryl/α,β-unsaturated/α-hetero) is 2. The van der Waals surface area contributed by atoms with Crippen LogP contribution in [0.3, 0.4) is 0 Å². The number of rotatable bonds is 7. The summed E-state index contributed by atoms with van der Waals surface area (Å²) < 4.78 is 16.8. The zero-order valence-corrected chi connectivity index (χ0v) is 21.3. The van der Waals surface area contributed by atoms with E-state index in [0.29, 0.717) is 6.42 Å². The summed E-state index contributed by atoms with van der Waals surface area (Å²) >= 11 is 6.46. The van der Waals surface area contributed by atoms with Gasteiger partial charge in [0.25, 0.3) is 0 Å². The number of aliphatic hydroxyl groups excluding tert-OH is 2. The summed E-state index contributed by atoms with van der Waals surface area (Å²) in [6.45, 7) is 2.97. The molecule has 9 heteroatoms. The molecular weight excluding hydrogens is 486 g/mol. The summed E-state index contributed by atoms with van der Waals surface area (Å²) in [6, 6.07) is 10.4. The Balaban J connectivity index is 1.81. The average Bonchev–Trinajstić information content (AvgIpc) is 3.18. The molecular formula is C27H28ClNO7. The number of aliphatic hydroxyl groups is 2. The van der Waals surface area contributed by atoms with Crippen LogP contribution in [0, 0.1) is 5.92 Å². The molecule has 1 aliphatic heterocycles. The Bertz CT molecular complexity index is 1270. The first-order valence-corrected chi connectivity index (χ1v) is 11.9. The predicted molar refractivity (Wildman–Crippen MR) is 135 cm³/mol. The Morgan fingerprint density at radius 2 is 1.89 bits per heavy atom. The van der Waals surface area contributed by atoms with Gasteiger partial charge in [-0.15, -0.1) is 0 Å². The van der Waals surface area contributed by atoms with Crippen molar-refractivity contribution in [2.24, 2.45) is 10.9 Å². The first-order valence-electron chi connectivity index (χ1n) is 11.5. The van der Waals surface area contributed by atoms with Crippen LogP contribution in [0.4, 0.5) is 0 Å². The van der Waals surface area contributed by atoms with Crippen LogP contribution in [0.15, 0.2) is 52.7 Å². The van der Waals surface area contributed by atoms with Gasteiger partial charge in [0, 0.05) is 24.1 Å². The van der Waals surface area contributed by atoms with E-state index in [1.807, 2.05) is 30.3 Å². The normalized spacial score (nSPS) is 22.5. The van der Waals surface area contributed by atoms with Crippen LogP contribution in [0.5, 0.6) is 17.2 Å². The average molecular weight is 514 g/mol. The molecule has 2 aliphatic rings. The number of nitrogens with zero attached hydrogens (tertiary/aromatic N) is 1. The fourth-order valence-electron chi connectivity index (χ4n) is 4.91. The molecule has 3 atom stereocenters. The predicted octanol–water partition coefficient (Wildman–Crippen LogP) is 4.16. The number of carbonyl (C=O) groups excluding carboxylic acids is 2. The highest BCUT2D eigenvalue weighted by molar-refractivity contribution is 6.35. The van der Waals surface area contributed by atoms with E-state index in [4.69, 9.17) is 25.8 Å². The zero-order valence-electron chi connectivity index (χ0n) is 20.5. The van der Waals surface area contributed by atoms with Crippen molar-refractivity contribution in [2.75, 3.05) is 20.8 Å². The molecule has 0 amide bonds. The minimum absolute atomic E-state index is 0.0249. The van der Waals surface area contributed by atoms with Gasteiger partial charge in [-0.05, 0) is 18.9 Å². The van der Waals surface area contributed by atoms with Crippen LogP contribution in [-0.4, -0.2) is 60.0 Å². The van der Waals surface area contributed by atoms with Crippen molar-refractivity contribution < 1.29 is 34.0 Å². The van der Waals surface area contributed by atoms with E-state index >= 15 is 0 Å². The number of fused-ring (bicyclic) bond motifs is 1. The fourth-order valence-corrected chi connectivity index (χ4v) is 5.17. The Morgan fingerprint density at radius 1 is 1.22 bits per heavy atom. The number of benzene rings is 2. The van der Waals surface area contributed by atoms with Gasteiger partial charge in [0.15, 0.2) is 17.3 Å². The second-order valence-electron chi connectivity index (χ2n) is 8.96. The van der Waals surface area contributed by atoms with Crippen molar-refractivity contribution >= 4 is 28.9 Å². The number of carbonyl (C=O) groups is 2. The number of ether oxygens (including phenoxy) is 3. The summed E-state index contributed by atoms with van der Waals surface area (Å²) in [4.78, 5) is 31.5. The third-order valence-electron chi connectivity index (χ3n) is 6.73. The Morgan fingerprint density at radius 3 is 2.50 bits per heavy atom. The Kier molecular flexibility index (Phi) is 7.11. The van der Waals surface area contributed by atoms with Gasteiger partial charge in [-0.2, -0.15) is 0 Å². The first-order chi connectivity index (χ1) is 17.2. The molecule has 1 unspecified atom stereocenters. The molecule has 8 nitrogen and oxygen atoms in total. The van der Waals surface area contributed by atoms with Crippen molar-refractivity contribution in [3.63, 3.8) is 0 Å². The second kappa shape index (κ2) is 9.95. The Hall–Kier alpha value is -3.36. The van der Waals surface area contributed by atoms with Gasteiger partial charge < -0.3 is 24.4 Å². The van der Waals surface area contributed by atoms with Crippen LogP contribution in [0.25, 0.3) is 0 Å². The van der Waals surface area contributed by atoms with E-state index in [2.05, 4.69) is 4.99 Å². The van der Waals surface area contributed by atoms with Gasteiger partial charge in [0.2, 0.25) is 11.4 Å². The standard InChI is InChI=1S/C27H28ClNO7/c1-14-10-18(31)21(15(2)29-17(13-30)11-16-8-6-5-7-9-16)25(32)27(14)26(33)22-19(34-3)12-20(35-4)23(28)24(22)36-27/h5-9,12,14,17,30,32H,10-11,13H2,1-4H3/t14-,17?,27+/m1/s1. The zero-order chi connectivity index (χ0) is 26.2. The third kappa shape index (κ3) is 4.04. The van der Waals surface area contributed by atoms with Gasteiger partial charge in [-0.3, -0.25) is 14.6 Å². The van der Waals surface area contributed by atoms with Gasteiger partial charge in [-0.1, -0.05) is 48.9 Å². The number of methoxy groups -OCH3 is 2.